The quantitative estimate of drug-likeness (QED) is 0.861. The first-order chi connectivity index (χ1) is 9.06. The van der Waals surface area contributed by atoms with E-state index in [9.17, 15) is 9.90 Å². The number of hydrogen-bond acceptors (Lipinski definition) is 4. The van der Waals surface area contributed by atoms with Gasteiger partial charge in [-0.05, 0) is 25.8 Å². The van der Waals surface area contributed by atoms with Crippen LogP contribution < -0.4 is 0 Å². The van der Waals surface area contributed by atoms with E-state index in [2.05, 4.69) is 5.10 Å². The Morgan fingerprint density at radius 2 is 2.16 bits per heavy atom. The lowest BCUT2D eigenvalue weighted by Crippen LogP contribution is -2.39. The highest BCUT2D eigenvalue weighted by atomic mass is 32.1. The summed E-state index contributed by atoms with van der Waals surface area (Å²) in [6.45, 7) is 3.25. The van der Waals surface area contributed by atoms with E-state index in [0.29, 0.717) is 25.9 Å². The molecule has 1 N–H and O–H groups in total. The fraction of sp³-hybridized carbons (Fsp3) is 0.538. The maximum atomic E-state index is 12.4. The summed E-state index contributed by atoms with van der Waals surface area (Å²) in [7, 11) is 1.90. The van der Waals surface area contributed by atoms with Crippen molar-refractivity contribution in [1.29, 1.82) is 0 Å². The van der Waals surface area contributed by atoms with Gasteiger partial charge in [-0.25, -0.2) is 0 Å². The van der Waals surface area contributed by atoms with Crippen LogP contribution in [0.25, 0.3) is 10.2 Å². The van der Waals surface area contributed by atoms with E-state index in [1.165, 1.54) is 11.3 Å². The van der Waals surface area contributed by atoms with Crippen LogP contribution in [0.4, 0.5) is 0 Å². The number of hydrogen-bond donors (Lipinski definition) is 1. The zero-order valence-corrected chi connectivity index (χ0v) is 11.9. The summed E-state index contributed by atoms with van der Waals surface area (Å²) in [4.78, 5) is 16.1. The summed E-state index contributed by atoms with van der Waals surface area (Å²) in [5, 5.41) is 14.9. The molecule has 2 aromatic rings. The molecule has 0 saturated carbocycles. The van der Waals surface area contributed by atoms with Gasteiger partial charge in [0.15, 0.2) is 0 Å². The Kier molecular flexibility index (Phi) is 3.06. The van der Waals surface area contributed by atoms with E-state index < -0.39 is 0 Å². The van der Waals surface area contributed by atoms with Crippen molar-refractivity contribution in [3.8, 4) is 0 Å². The predicted octanol–water partition coefficient (Wildman–Crippen LogP) is 1.54. The molecule has 6 heteroatoms. The predicted molar refractivity (Wildman–Crippen MR) is 74.5 cm³/mol. The van der Waals surface area contributed by atoms with Crippen LogP contribution >= 0.6 is 11.3 Å². The first-order valence-corrected chi connectivity index (χ1v) is 7.28. The number of carbonyl (C=O) groups excluding carboxylic acids is 1. The third kappa shape index (κ3) is 2.15. The number of aliphatic hydroxyl groups is 1. The highest BCUT2D eigenvalue weighted by molar-refractivity contribution is 7.20. The van der Waals surface area contributed by atoms with Gasteiger partial charge in [-0.2, -0.15) is 5.10 Å². The van der Waals surface area contributed by atoms with Gasteiger partial charge in [-0.3, -0.25) is 9.48 Å². The van der Waals surface area contributed by atoms with Gasteiger partial charge in [0.1, 0.15) is 4.83 Å². The third-order valence-corrected chi connectivity index (χ3v) is 4.85. The van der Waals surface area contributed by atoms with Crippen LogP contribution in [0, 0.1) is 6.92 Å². The maximum absolute atomic E-state index is 12.4. The van der Waals surface area contributed by atoms with Crippen LogP contribution in [0.15, 0.2) is 6.07 Å². The molecule has 0 unspecified atom stereocenters. The van der Waals surface area contributed by atoms with Gasteiger partial charge in [0.05, 0.1) is 16.7 Å². The fourth-order valence-electron chi connectivity index (χ4n) is 2.54. The van der Waals surface area contributed by atoms with E-state index >= 15 is 0 Å². The molecule has 0 bridgehead atoms. The Morgan fingerprint density at radius 3 is 2.79 bits per heavy atom. The number of aromatic nitrogens is 2. The molecule has 3 heterocycles. The summed E-state index contributed by atoms with van der Waals surface area (Å²) >= 11 is 1.49. The number of amides is 1. The van der Waals surface area contributed by atoms with Crippen LogP contribution in [0.5, 0.6) is 0 Å². The zero-order valence-electron chi connectivity index (χ0n) is 11.1. The molecular weight excluding hydrogens is 262 g/mol. The molecule has 1 aliphatic rings. The molecule has 1 fully saturated rings. The first-order valence-electron chi connectivity index (χ1n) is 6.46. The second kappa shape index (κ2) is 4.61. The SMILES string of the molecule is Cc1nn(C)c2sc(C(=O)N3CCC(O)CC3)cc12. The Morgan fingerprint density at radius 1 is 1.47 bits per heavy atom. The average molecular weight is 279 g/mol. The topological polar surface area (TPSA) is 58.4 Å². The standard InChI is InChI=1S/C13H17N3O2S/c1-8-10-7-11(19-13(10)15(2)14-8)12(18)16-5-3-9(17)4-6-16/h7,9,17H,3-6H2,1-2H3. The van der Waals surface area contributed by atoms with Crippen LogP contribution in [0.2, 0.25) is 0 Å². The minimum atomic E-state index is -0.252. The lowest BCUT2D eigenvalue weighted by atomic mass is 10.1. The normalized spacial score (nSPS) is 17.3. The molecule has 102 valence electrons. The number of carbonyl (C=O) groups is 1. The first kappa shape index (κ1) is 12.6. The highest BCUT2D eigenvalue weighted by Gasteiger charge is 2.24. The number of aryl methyl sites for hydroxylation is 2. The highest BCUT2D eigenvalue weighted by Crippen LogP contribution is 2.29. The molecule has 2 aromatic heterocycles. The number of thiophene rings is 1. The van der Waals surface area contributed by atoms with Crippen molar-refractivity contribution in [2.45, 2.75) is 25.9 Å². The van der Waals surface area contributed by atoms with E-state index in [4.69, 9.17) is 0 Å². The number of fused-ring (bicyclic) bond motifs is 1. The van der Waals surface area contributed by atoms with Gasteiger partial charge in [0.2, 0.25) is 0 Å². The third-order valence-electron chi connectivity index (χ3n) is 3.66. The summed E-state index contributed by atoms with van der Waals surface area (Å²) in [5.74, 6) is 0.0764. The van der Waals surface area contributed by atoms with Gasteiger partial charge in [-0.1, -0.05) is 0 Å². The molecule has 0 aliphatic carbocycles. The smallest absolute Gasteiger partial charge is 0.264 e. The number of piperidine rings is 1. The molecule has 1 aliphatic heterocycles. The van der Waals surface area contributed by atoms with Crippen molar-refractivity contribution >= 4 is 27.5 Å². The van der Waals surface area contributed by atoms with Crippen LogP contribution in [0.3, 0.4) is 0 Å². The maximum Gasteiger partial charge on any atom is 0.264 e. The minimum Gasteiger partial charge on any atom is -0.393 e. The van der Waals surface area contributed by atoms with Gasteiger partial charge >= 0.3 is 0 Å². The van der Waals surface area contributed by atoms with Crippen molar-refractivity contribution in [1.82, 2.24) is 14.7 Å². The molecule has 1 amide bonds. The van der Waals surface area contributed by atoms with Gasteiger partial charge in [0, 0.05) is 25.5 Å². The number of nitrogens with zero attached hydrogens (tertiary/aromatic N) is 3. The monoisotopic (exact) mass is 279 g/mol. The van der Waals surface area contributed by atoms with Crippen molar-refractivity contribution in [3.05, 3.63) is 16.6 Å². The van der Waals surface area contributed by atoms with Crippen LogP contribution in [-0.2, 0) is 7.05 Å². The van der Waals surface area contributed by atoms with Gasteiger partial charge < -0.3 is 10.0 Å². The molecule has 1 saturated heterocycles. The number of rotatable bonds is 1. The van der Waals surface area contributed by atoms with Crippen molar-refractivity contribution in [2.24, 2.45) is 7.05 Å². The Bertz CT molecular complexity index is 589. The minimum absolute atomic E-state index is 0.0764. The van der Waals surface area contributed by atoms with Crippen molar-refractivity contribution < 1.29 is 9.90 Å². The Labute approximate surface area is 115 Å². The molecule has 19 heavy (non-hydrogen) atoms. The van der Waals surface area contributed by atoms with Crippen molar-refractivity contribution in [2.75, 3.05) is 13.1 Å². The van der Waals surface area contributed by atoms with E-state index in [-0.39, 0.29) is 12.0 Å². The fourth-order valence-corrected chi connectivity index (χ4v) is 3.63. The van der Waals surface area contributed by atoms with Gasteiger partial charge in [0.25, 0.3) is 5.91 Å². The summed E-state index contributed by atoms with van der Waals surface area (Å²) in [6, 6.07) is 1.94. The zero-order chi connectivity index (χ0) is 13.6. The molecule has 0 aromatic carbocycles. The Balaban J connectivity index is 1.87. The Hall–Kier alpha value is -1.40. The largest absolute Gasteiger partial charge is 0.393 e. The van der Waals surface area contributed by atoms with Crippen molar-refractivity contribution in [3.63, 3.8) is 0 Å². The second-order valence-electron chi connectivity index (χ2n) is 5.06. The number of likely N-dealkylation sites (tertiary alicyclic amines) is 1. The van der Waals surface area contributed by atoms with Gasteiger partial charge in [-0.15, -0.1) is 11.3 Å². The van der Waals surface area contributed by atoms with E-state index in [1.54, 1.807) is 0 Å². The molecule has 0 radical (unpaired) electrons. The van der Waals surface area contributed by atoms with E-state index in [0.717, 1.165) is 20.8 Å². The summed E-state index contributed by atoms with van der Waals surface area (Å²) in [6.07, 6.45) is 1.10. The number of aliphatic hydroxyl groups excluding tert-OH is 1. The lowest BCUT2D eigenvalue weighted by molar-refractivity contribution is 0.0551. The molecular formula is C13H17N3O2S. The molecule has 0 spiro atoms. The molecule has 3 rings (SSSR count). The van der Waals surface area contributed by atoms with E-state index in [1.807, 2.05) is 29.6 Å². The second-order valence-corrected chi connectivity index (χ2v) is 6.09. The lowest BCUT2D eigenvalue weighted by Gasteiger charge is -2.29. The van der Waals surface area contributed by atoms with Crippen LogP contribution in [0.1, 0.15) is 28.2 Å². The molecule has 0 atom stereocenters. The summed E-state index contributed by atoms with van der Waals surface area (Å²) < 4.78 is 1.83. The van der Waals surface area contributed by atoms with Crippen LogP contribution in [-0.4, -0.2) is 44.9 Å². The molecule has 5 nitrogen and oxygen atoms in total. The average Bonchev–Trinajstić information content (AvgIpc) is 2.93. The summed E-state index contributed by atoms with van der Waals surface area (Å²) in [5.41, 5.74) is 0.960.